The Morgan fingerprint density at radius 1 is 1.42 bits per heavy atom. The number of hydrogen-bond donors (Lipinski definition) is 3. The molecule has 0 saturated carbocycles. The molecular formula is C18H19Cl2N5O. The number of fused-ring (bicyclic) bond motifs is 3. The molecule has 2 aromatic heterocycles. The Morgan fingerprint density at radius 3 is 2.96 bits per heavy atom. The molecule has 0 saturated heterocycles. The maximum atomic E-state index is 12.4. The van der Waals surface area contributed by atoms with E-state index in [1.807, 2.05) is 20.0 Å². The van der Waals surface area contributed by atoms with Gasteiger partial charge in [-0.25, -0.2) is 4.98 Å². The predicted octanol–water partition coefficient (Wildman–Crippen LogP) is 3.60. The van der Waals surface area contributed by atoms with E-state index in [-0.39, 0.29) is 11.8 Å². The second-order valence-electron chi connectivity index (χ2n) is 6.56. The van der Waals surface area contributed by atoms with Gasteiger partial charge in [-0.1, -0.05) is 23.2 Å². The number of halogens is 2. The van der Waals surface area contributed by atoms with Crippen molar-refractivity contribution in [1.82, 2.24) is 19.9 Å². The third-order valence-electron chi connectivity index (χ3n) is 5.03. The highest BCUT2D eigenvalue weighted by Crippen LogP contribution is 2.43. The molecule has 1 atom stereocenters. The van der Waals surface area contributed by atoms with E-state index in [1.165, 1.54) is 0 Å². The van der Waals surface area contributed by atoms with Crippen molar-refractivity contribution in [2.45, 2.75) is 25.8 Å². The zero-order valence-electron chi connectivity index (χ0n) is 14.5. The number of aryl methyl sites for hydroxylation is 1. The number of imidazole rings is 1. The van der Waals surface area contributed by atoms with Crippen LogP contribution in [0.4, 0.5) is 5.69 Å². The number of carbonyl (C=O) groups is 1. The van der Waals surface area contributed by atoms with E-state index in [0.717, 1.165) is 40.0 Å². The normalized spacial score (nSPS) is 17.1. The van der Waals surface area contributed by atoms with Crippen LogP contribution in [0, 0.1) is 0 Å². The van der Waals surface area contributed by atoms with Crippen molar-refractivity contribution in [2.24, 2.45) is 7.05 Å². The number of benzene rings is 1. The molecule has 0 radical (unpaired) electrons. The molecule has 1 unspecified atom stereocenters. The summed E-state index contributed by atoms with van der Waals surface area (Å²) < 4.78 is 2.07. The minimum atomic E-state index is -0.263. The van der Waals surface area contributed by atoms with E-state index in [4.69, 9.17) is 23.2 Å². The highest BCUT2D eigenvalue weighted by molar-refractivity contribution is 6.45. The third-order valence-corrected chi connectivity index (χ3v) is 5.80. The zero-order valence-corrected chi connectivity index (χ0v) is 16.0. The number of nitrogens with zero attached hydrogens (tertiary/aromatic N) is 2. The Bertz CT molecular complexity index is 993. The summed E-state index contributed by atoms with van der Waals surface area (Å²) in [6.07, 6.45) is 4.16. The van der Waals surface area contributed by atoms with Crippen molar-refractivity contribution in [1.29, 1.82) is 0 Å². The maximum Gasteiger partial charge on any atom is 0.227 e. The van der Waals surface area contributed by atoms with Crippen molar-refractivity contribution < 1.29 is 4.79 Å². The van der Waals surface area contributed by atoms with Crippen molar-refractivity contribution >= 4 is 45.7 Å². The maximum absolute atomic E-state index is 12.4. The van der Waals surface area contributed by atoms with Gasteiger partial charge in [-0.05, 0) is 18.6 Å². The fourth-order valence-corrected chi connectivity index (χ4v) is 4.20. The lowest BCUT2D eigenvalue weighted by molar-refractivity contribution is -0.121. The summed E-state index contributed by atoms with van der Waals surface area (Å²) in [5, 5.41) is 8.35. The van der Waals surface area contributed by atoms with Crippen molar-refractivity contribution in [3.63, 3.8) is 0 Å². The Balaban J connectivity index is 1.94. The zero-order chi connectivity index (χ0) is 18.4. The Morgan fingerprint density at radius 2 is 2.23 bits per heavy atom. The number of rotatable bonds is 3. The smallest absolute Gasteiger partial charge is 0.227 e. The standard InChI is InChI=1S/C18H19Cl2N5O/c1-9-14-13(3-4-22-18(9)26)25(2)17-15(14)12(5-11(19)16(17)20)23-7-10-6-21-8-24-10/h5-6,8-9,23H,3-4,7H2,1-2H3,(H,21,24)(H,22,26). The summed E-state index contributed by atoms with van der Waals surface area (Å²) in [6, 6.07) is 1.83. The number of H-pyrrole nitrogens is 1. The number of aromatic amines is 1. The van der Waals surface area contributed by atoms with E-state index in [1.54, 1.807) is 12.5 Å². The molecule has 8 heteroatoms. The van der Waals surface area contributed by atoms with Crippen LogP contribution < -0.4 is 10.6 Å². The molecule has 0 fully saturated rings. The summed E-state index contributed by atoms with van der Waals surface area (Å²) in [6.45, 7) is 3.11. The second kappa shape index (κ2) is 6.52. The monoisotopic (exact) mass is 391 g/mol. The lowest BCUT2D eigenvalue weighted by Gasteiger charge is -2.14. The Hall–Kier alpha value is -2.18. The van der Waals surface area contributed by atoms with Crippen LogP contribution in [0.25, 0.3) is 10.9 Å². The first-order valence-corrected chi connectivity index (χ1v) is 9.22. The lowest BCUT2D eigenvalue weighted by atomic mass is 9.96. The van der Waals surface area contributed by atoms with Crippen LogP contribution in [-0.2, 0) is 24.8 Å². The van der Waals surface area contributed by atoms with Crippen molar-refractivity contribution in [3.8, 4) is 0 Å². The average Bonchev–Trinajstić information content (AvgIpc) is 3.20. The van der Waals surface area contributed by atoms with Crippen LogP contribution in [0.5, 0.6) is 0 Å². The topological polar surface area (TPSA) is 74.7 Å². The third kappa shape index (κ3) is 2.64. The highest BCUT2D eigenvalue weighted by Gasteiger charge is 2.30. The van der Waals surface area contributed by atoms with Crippen molar-refractivity contribution in [2.75, 3.05) is 11.9 Å². The lowest BCUT2D eigenvalue weighted by Crippen LogP contribution is -2.27. The minimum absolute atomic E-state index is 0.0295. The van der Waals surface area contributed by atoms with Gasteiger partial charge in [0.25, 0.3) is 0 Å². The number of hydrogen-bond acceptors (Lipinski definition) is 3. The summed E-state index contributed by atoms with van der Waals surface area (Å²) in [4.78, 5) is 19.5. The largest absolute Gasteiger partial charge is 0.379 e. The summed E-state index contributed by atoms with van der Waals surface area (Å²) in [5.41, 5.74) is 4.81. The molecule has 3 heterocycles. The van der Waals surface area contributed by atoms with Gasteiger partial charge in [0.2, 0.25) is 5.91 Å². The summed E-state index contributed by atoms with van der Waals surface area (Å²) in [5.74, 6) is -0.233. The molecule has 1 aliphatic rings. The number of anilines is 1. The van der Waals surface area contributed by atoms with E-state index in [2.05, 4.69) is 25.2 Å². The Kier molecular flexibility index (Phi) is 4.32. The molecule has 3 aromatic rings. The van der Waals surface area contributed by atoms with Gasteiger partial charge < -0.3 is 20.2 Å². The first-order chi connectivity index (χ1) is 12.5. The first kappa shape index (κ1) is 17.2. The van der Waals surface area contributed by atoms with Crippen LogP contribution in [0.1, 0.15) is 29.8 Å². The number of amides is 1. The molecule has 1 aromatic carbocycles. The number of carbonyl (C=O) groups excluding carboxylic acids is 1. The number of aromatic nitrogens is 3. The van der Waals surface area contributed by atoms with E-state index in [0.29, 0.717) is 23.1 Å². The SMILES string of the molecule is CC1C(=O)NCCc2c1c1c(NCc3cnc[nH]3)cc(Cl)c(Cl)c1n2C. The van der Waals surface area contributed by atoms with Gasteiger partial charge in [0.15, 0.2) is 0 Å². The van der Waals surface area contributed by atoms with Crippen LogP contribution >= 0.6 is 23.2 Å². The van der Waals surface area contributed by atoms with Gasteiger partial charge in [0.05, 0.1) is 40.0 Å². The van der Waals surface area contributed by atoms with Gasteiger partial charge in [-0.15, -0.1) is 0 Å². The fraction of sp³-hybridized carbons (Fsp3) is 0.333. The van der Waals surface area contributed by atoms with Gasteiger partial charge in [0, 0.05) is 43.0 Å². The molecule has 6 nitrogen and oxygen atoms in total. The van der Waals surface area contributed by atoms with Crippen LogP contribution in [-0.4, -0.2) is 27.0 Å². The summed E-state index contributed by atoms with van der Waals surface area (Å²) in [7, 11) is 1.98. The molecule has 3 N–H and O–H groups in total. The molecule has 1 amide bonds. The van der Waals surface area contributed by atoms with E-state index in [9.17, 15) is 4.79 Å². The quantitative estimate of drug-likeness (QED) is 0.638. The van der Waals surface area contributed by atoms with Crippen LogP contribution in [0.2, 0.25) is 10.0 Å². The molecule has 0 aliphatic carbocycles. The number of nitrogens with one attached hydrogen (secondary N) is 3. The molecule has 4 rings (SSSR count). The second-order valence-corrected chi connectivity index (χ2v) is 7.34. The van der Waals surface area contributed by atoms with Crippen molar-refractivity contribution in [3.05, 3.63) is 45.6 Å². The fourth-order valence-electron chi connectivity index (χ4n) is 3.73. The highest BCUT2D eigenvalue weighted by atomic mass is 35.5. The van der Waals surface area contributed by atoms with Gasteiger partial charge >= 0.3 is 0 Å². The van der Waals surface area contributed by atoms with Gasteiger partial charge in [-0.3, -0.25) is 4.79 Å². The van der Waals surface area contributed by atoms with Crippen LogP contribution in [0.15, 0.2) is 18.6 Å². The van der Waals surface area contributed by atoms with E-state index < -0.39 is 0 Å². The average molecular weight is 392 g/mol. The minimum Gasteiger partial charge on any atom is -0.379 e. The first-order valence-electron chi connectivity index (χ1n) is 8.47. The molecule has 1 aliphatic heterocycles. The molecule has 0 bridgehead atoms. The van der Waals surface area contributed by atoms with Gasteiger partial charge in [0.1, 0.15) is 0 Å². The van der Waals surface area contributed by atoms with E-state index >= 15 is 0 Å². The molecule has 26 heavy (non-hydrogen) atoms. The molecule has 136 valence electrons. The van der Waals surface area contributed by atoms with Gasteiger partial charge in [-0.2, -0.15) is 0 Å². The summed E-state index contributed by atoms with van der Waals surface area (Å²) >= 11 is 13.0. The van der Waals surface area contributed by atoms with Crippen LogP contribution in [0.3, 0.4) is 0 Å². The predicted molar refractivity (Wildman–Crippen MR) is 104 cm³/mol. The molecular weight excluding hydrogens is 373 g/mol. The Labute approximate surface area is 160 Å². The molecule has 0 spiro atoms.